The predicted molar refractivity (Wildman–Crippen MR) is 193 cm³/mol. The second-order valence-electron chi connectivity index (χ2n) is 14.1. The van der Waals surface area contributed by atoms with E-state index in [9.17, 15) is 14.4 Å². The van der Waals surface area contributed by atoms with Crippen molar-refractivity contribution < 1.29 is 33.3 Å². The summed E-state index contributed by atoms with van der Waals surface area (Å²) in [4.78, 5) is 40.3. The Bertz CT molecular complexity index is 1660. The number of carbonyl (C=O) groups is 3. The summed E-state index contributed by atoms with van der Waals surface area (Å²) >= 11 is 0. The molecule has 268 valence electrons. The number of likely N-dealkylation sites (tertiary alicyclic amines) is 1. The third kappa shape index (κ3) is 11.5. The van der Waals surface area contributed by atoms with Crippen molar-refractivity contribution in [2.75, 3.05) is 37.4 Å². The number of carbonyl (C=O) groups excluding carboxylic acids is 3. The number of nitrogens with one attached hydrogen (secondary N) is 4. The van der Waals surface area contributed by atoms with Crippen molar-refractivity contribution in [2.45, 2.75) is 78.2 Å². The van der Waals surface area contributed by atoms with Gasteiger partial charge in [0.1, 0.15) is 23.6 Å². The summed E-state index contributed by atoms with van der Waals surface area (Å²) in [6, 6.07) is 19.5. The van der Waals surface area contributed by atoms with Gasteiger partial charge >= 0.3 is 12.1 Å². The number of alkyl carbamates (subject to hydrolysis) is 1. The van der Waals surface area contributed by atoms with Crippen molar-refractivity contribution >= 4 is 35.2 Å². The summed E-state index contributed by atoms with van der Waals surface area (Å²) in [6.45, 7) is 12.1. The maximum Gasteiger partial charge on any atom is 0.413 e. The third-order valence-electron chi connectivity index (χ3n) is 7.62. The number of ether oxygens (including phenoxy) is 4. The molecule has 2 amide bonds. The van der Waals surface area contributed by atoms with Crippen molar-refractivity contribution in [1.29, 1.82) is 5.41 Å². The summed E-state index contributed by atoms with van der Waals surface area (Å²) in [5.74, 6) is -0.00590. The van der Waals surface area contributed by atoms with E-state index in [4.69, 9.17) is 24.4 Å². The van der Waals surface area contributed by atoms with Crippen molar-refractivity contribution in [1.82, 2.24) is 10.2 Å². The lowest BCUT2D eigenvalue weighted by molar-refractivity contribution is -0.157. The van der Waals surface area contributed by atoms with E-state index in [1.165, 1.54) is 0 Å². The van der Waals surface area contributed by atoms with Crippen LogP contribution in [0.4, 0.5) is 16.2 Å². The zero-order chi connectivity index (χ0) is 36.5. The third-order valence-corrected chi connectivity index (χ3v) is 7.62. The number of amidine groups is 1. The molecule has 0 saturated carbocycles. The van der Waals surface area contributed by atoms with E-state index in [0.29, 0.717) is 40.6 Å². The minimum atomic E-state index is -0.720. The van der Waals surface area contributed by atoms with Gasteiger partial charge in [0.25, 0.3) is 5.91 Å². The molecule has 0 aliphatic carbocycles. The second kappa shape index (κ2) is 16.5. The number of para-hydroxylation sites is 2. The fourth-order valence-electron chi connectivity index (χ4n) is 5.28. The van der Waals surface area contributed by atoms with Crippen LogP contribution in [-0.4, -0.2) is 72.8 Å². The molecule has 1 atom stereocenters. The van der Waals surface area contributed by atoms with Crippen LogP contribution in [0.1, 0.15) is 75.9 Å². The first-order valence-electron chi connectivity index (χ1n) is 16.7. The van der Waals surface area contributed by atoms with Crippen LogP contribution in [0.15, 0.2) is 66.7 Å². The fraction of sp³-hybridized carbons (Fsp3) is 0.421. The molecule has 1 heterocycles. The molecular formula is C38H49N5O7. The number of amides is 2. The number of nitrogens with zero attached hydrogens (tertiary/aromatic N) is 1. The molecule has 4 N–H and O–H groups in total. The van der Waals surface area contributed by atoms with Crippen molar-refractivity contribution in [3.63, 3.8) is 0 Å². The first kappa shape index (κ1) is 37.7. The largest absolute Gasteiger partial charge is 0.488 e. The van der Waals surface area contributed by atoms with E-state index in [0.717, 1.165) is 24.9 Å². The average molecular weight is 688 g/mol. The molecule has 1 aliphatic heterocycles. The standard InChI is InChI=1S/C38H49N5O7/c1-37(2,3)49-32(44)24-48-33-26(12-10-16-31(33)47-23-28-13-11-21-43(28)7)22-40-30-15-9-8-14-29(30)35(45)41-27-19-17-25(18-20-27)34(39)42-36(46)50-38(4,5)6/h8-10,12,14-20,28,40H,11,13,21-24H2,1-7H3,(H,41,45)(H2,39,42,46)/t28-/m1/s1. The molecule has 3 aromatic carbocycles. The van der Waals surface area contributed by atoms with Gasteiger partial charge < -0.3 is 34.5 Å². The molecule has 0 radical (unpaired) electrons. The zero-order valence-electron chi connectivity index (χ0n) is 30.0. The number of rotatable bonds is 12. The van der Waals surface area contributed by atoms with Gasteiger partial charge in [0.05, 0.1) is 5.56 Å². The SMILES string of the molecule is CN1CCC[C@@H]1COc1cccc(CNc2ccccc2C(=O)Nc2ccc(C(=N)NC(=O)OC(C)(C)C)cc2)c1OCC(=O)OC(C)(C)C. The Morgan fingerprint density at radius 3 is 2.24 bits per heavy atom. The number of anilines is 2. The maximum atomic E-state index is 13.4. The topological polar surface area (TPSA) is 151 Å². The minimum absolute atomic E-state index is 0.124. The lowest BCUT2D eigenvalue weighted by Gasteiger charge is -2.23. The summed E-state index contributed by atoms with van der Waals surface area (Å²) in [5, 5.41) is 16.8. The van der Waals surface area contributed by atoms with Gasteiger partial charge in [-0.25, -0.2) is 9.59 Å². The first-order valence-corrected chi connectivity index (χ1v) is 16.7. The molecular weight excluding hydrogens is 638 g/mol. The molecule has 0 unspecified atom stereocenters. The Labute approximate surface area is 294 Å². The summed E-state index contributed by atoms with van der Waals surface area (Å²) in [6.07, 6.45) is 1.44. The van der Waals surface area contributed by atoms with Crippen LogP contribution in [0.3, 0.4) is 0 Å². The van der Waals surface area contributed by atoms with Crippen molar-refractivity contribution in [2.24, 2.45) is 0 Å². The minimum Gasteiger partial charge on any atom is -0.488 e. The van der Waals surface area contributed by atoms with Gasteiger partial charge in [-0.3, -0.25) is 15.5 Å². The number of benzene rings is 3. The molecule has 0 aromatic heterocycles. The summed E-state index contributed by atoms with van der Waals surface area (Å²) in [7, 11) is 2.09. The van der Waals surface area contributed by atoms with E-state index in [-0.39, 0.29) is 30.9 Å². The Hall–Kier alpha value is -5.10. The predicted octanol–water partition coefficient (Wildman–Crippen LogP) is 6.59. The number of hydrogen-bond acceptors (Lipinski definition) is 10. The van der Waals surface area contributed by atoms with Crippen molar-refractivity contribution in [3.8, 4) is 11.5 Å². The van der Waals surface area contributed by atoms with Crippen LogP contribution < -0.4 is 25.4 Å². The highest BCUT2D eigenvalue weighted by atomic mass is 16.6. The molecule has 1 fully saturated rings. The normalized spacial score (nSPS) is 14.7. The van der Waals surface area contributed by atoms with Crippen LogP contribution in [0.25, 0.3) is 0 Å². The average Bonchev–Trinajstić information content (AvgIpc) is 3.45. The number of esters is 1. The molecule has 12 heteroatoms. The van der Waals surface area contributed by atoms with E-state index in [1.54, 1.807) is 84.0 Å². The highest BCUT2D eigenvalue weighted by molar-refractivity contribution is 6.08. The highest BCUT2D eigenvalue weighted by Gasteiger charge is 2.24. The van der Waals surface area contributed by atoms with Gasteiger partial charge in [-0.2, -0.15) is 0 Å². The van der Waals surface area contributed by atoms with Crippen LogP contribution in [-0.2, 0) is 20.8 Å². The number of likely N-dealkylation sites (N-methyl/N-ethyl adjacent to an activating group) is 1. The summed E-state index contributed by atoms with van der Waals surface area (Å²) < 4.78 is 23.0. The van der Waals surface area contributed by atoms with Gasteiger partial charge in [0, 0.05) is 35.1 Å². The smallest absolute Gasteiger partial charge is 0.413 e. The highest BCUT2D eigenvalue weighted by Crippen LogP contribution is 2.33. The Balaban J connectivity index is 1.45. The Morgan fingerprint density at radius 1 is 0.880 bits per heavy atom. The van der Waals surface area contributed by atoms with Crippen LogP contribution in [0, 0.1) is 5.41 Å². The van der Waals surface area contributed by atoms with Crippen LogP contribution >= 0.6 is 0 Å². The summed E-state index contributed by atoms with van der Waals surface area (Å²) in [5.41, 5.74) is 1.34. The number of hydrogen-bond donors (Lipinski definition) is 4. The molecule has 50 heavy (non-hydrogen) atoms. The van der Waals surface area contributed by atoms with E-state index in [1.807, 2.05) is 24.3 Å². The van der Waals surface area contributed by atoms with Crippen LogP contribution in [0.2, 0.25) is 0 Å². The van der Waals surface area contributed by atoms with Crippen LogP contribution in [0.5, 0.6) is 11.5 Å². The second-order valence-corrected chi connectivity index (χ2v) is 14.1. The molecule has 1 aliphatic rings. The fourth-order valence-corrected chi connectivity index (χ4v) is 5.28. The quantitative estimate of drug-likeness (QED) is 0.0939. The first-order chi connectivity index (χ1) is 23.6. The molecule has 12 nitrogen and oxygen atoms in total. The molecule has 0 bridgehead atoms. The molecule has 1 saturated heterocycles. The van der Waals surface area contributed by atoms with Gasteiger partial charge in [0.2, 0.25) is 0 Å². The van der Waals surface area contributed by atoms with Gasteiger partial charge in [-0.15, -0.1) is 0 Å². The van der Waals surface area contributed by atoms with Crippen molar-refractivity contribution in [3.05, 3.63) is 83.4 Å². The molecule has 0 spiro atoms. The molecule has 3 aromatic rings. The molecule has 4 rings (SSSR count). The lowest BCUT2D eigenvalue weighted by Crippen LogP contribution is -2.36. The van der Waals surface area contributed by atoms with E-state index in [2.05, 4.69) is 27.9 Å². The van der Waals surface area contributed by atoms with Gasteiger partial charge in [0.15, 0.2) is 18.1 Å². The monoisotopic (exact) mass is 687 g/mol. The van der Waals surface area contributed by atoms with E-state index < -0.39 is 23.3 Å². The van der Waals surface area contributed by atoms with Gasteiger partial charge in [-0.1, -0.05) is 24.3 Å². The Morgan fingerprint density at radius 2 is 1.58 bits per heavy atom. The van der Waals surface area contributed by atoms with E-state index >= 15 is 0 Å². The Kier molecular flexibility index (Phi) is 12.5. The van der Waals surface area contributed by atoms with Gasteiger partial charge in [-0.05, 0) is 110 Å². The lowest BCUT2D eigenvalue weighted by atomic mass is 10.1. The maximum absolute atomic E-state index is 13.4. The zero-order valence-corrected chi connectivity index (χ0v) is 30.0.